The fourth-order valence-electron chi connectivity index (χ4n) is 1.13. The van der Waals surface area contributed by atoms with Crippen molar-refractivity contribution in [3.05, 3.63) is 32.9 Å². The van der Waals surface area contributed by atoms with Gasteiger partial charge in [0.1, 0.15) is 5.78 Å². The van der Waals surface area contributed by atoms with E-state index in [-0.39, 0.29) is 5.78 Å². The van der Waals surface area contributed by atoms with Crippen LogP contribution in [0.2, 0.25) is 0 Å². The lowest BCUT2D eigenvalue weighted by Crippen LogP contribution is -2.08. The van der Waals surface area contributed by atoms with E-state index in [2.05, 4.69) is 15.9 Å². The van der Waals surface area contributed by atoms with E-state index in [1.807, 2.05) is 0 Å². The molecule has 1 aromatic rings. The van der Waals surface area contributed by atoms with Gasteiger partial charge in [-0.1, -0.05) is 22.0 Å². The number of hydrogen-bond donors (Lipinski definition) is 0. The summed E-state index contributed by atoms with van der Waals surface area (Å²) in [5, 5.41) is 0. The largest absolute Gasteiger partial charge is 0.416 e. The molecule has 0 aliphatic carbocycles. The van der Waals surface area contributed by atoms with Gasteiger partial charge >= 0.3 is 6.18 Å². The van der Waals surface area contributed by atoms with Crippen molar-refractivity contribution in [3.8, 4) is 0 Å². The Morgan fingerprint density at radius 2 is 2.00 bits per heavy atom. The number of ketones is 1. The van der Waals surface area contributed by atoms with Crippen LogP contribution in [0.1, 0.15) is 22.9 Å². The fraction of sp³-hybridized carbons (Fsp3) is 0.300. The second-order valence-corrected chi connectivity index (χ2v) is 5.29. The maximum absolute atomic E-state index is 12.4. The molecule has 0 aromatic heterocycles. The highest BCUT2D eigenvalue weighted by Crippen LogP contribution is 2.34. The molecule has 16 heavy (non-hydrogen) atoms. The third-order valence-corrected chi connectivity index (χ3v) is 4.03. The molecule has 88 valence electrons. The quantitative estimate of drug-likeness (QED) is 0.527. The van der Waals surface area contributed by atoms with Crippen LogP contribution < -0.4 is 0 Å². The molecule has 0 fully saturated rings. The lowest BCUT2D eigenvalue weighted by atomic mass is 10.1. The molecule has 0 aliphatic heterocycles. The summed E-state index contributed by atoms with van der Waals surface area (Å²) < 4.78 is 37.6. The zero-order chi connectivity index (χ0) is 12.5. The minimum atomic E-state index is -4.35. The molecule has 0 amide bonds. The Bertz CT molecular complexity index is 417. The smallest absolute Gasteiger partial charge is 0.298 e. The van der Waals surface area contributed by atoms with Gasteiger partial charge in [0, 0.05) is 3.57 Å². The molecule has 6 heteroatoms. The minimum absolute atomic E-state index is 0.141. The number of Topliss-reactive ketones (excluding diaryl/α,β-unsaturated/α-hetero) is 1. The Morgan fingerprint density at radius 1 is 1.44 bits per heavy atom. The first-order valence-electron chi connectivity index (χ1n) is 4.24. The summed E-state index contributed by atoms with van der Waals surface area (Å²) >= 11 is 4.93. The van der Waals surface area contributed by atoms with Gasteiger partial charge in [-0.3, -0.25) is 4.79 Å². The molecule has 0 aliphatic rings. The lowest BCUT2D eigenvalue weighted by molar-refractivity contribution is -0.137. The summed E-state index contributed by atoms with van der Waals surface area (Å²) in [5.74, 6) is -0.141. The molecule has 0 saturated carbocycles. The molecule has 1 nitrogen and oxygen atoms in total. The number of carbonyl (C=O) groups excluding carboxylic acids is 1. The van der Waals surface area contributed by atoms with Crippen LogP contribution in [0.25, 0.3) is 0 Å². The summed E-state index contributed by atoms with van der Waals surface area (Å²) in [7, 11) is 0. The molecular formula is C10H7BrF3IO. The second kappa shape index (κ2) is 5.03. The first kappa shape index (κ1) is 14.0. The Morgan fingerprint density at radius 3 is 2.38 bits per heavy atom. The number of carbonyl (C=O) groups is 1. The molecule has 1 unspecified atom stereocenters. The van der Waals surface area contributed by atoms with E-state index >= 15 is 0 Å². The van der Waals surface area contributed by atoms with Gasteiger partial charge in [0.05, 0.1) is 10.4 Å². The molecule has 1 aromatic carbocycles. The van der Waals surface area contributed by atoms with Crippen LogP contribution >= 0.6 is 38.5 Å². The van der Waals surface area contributed by atoms with Crippen molar-refractivity contribution in [2.75, 3.05) is 0 Å². The van der Waals surface area contributed by atoms with Gasteiger partial charge in [-0.25, -0.2) is 0 Å². The van der Waals surface area contributed by atoms with E-state index in [1.54, 1.807) is 22.6 Å². The normalized spacial score (nSPS) is 13.6. The van der Waals surface area contributed by atoms with Crippen molar-refractivity contribution in [1.82, 2.24) is 0 Å². The summed E-state index contributed by atoms with van der Waals surface area (Å²) in [6.45, 7) is 1.38. The molecule has 1 atom stereocenters. The molecule has 0 spiro atoms. The van der Waals surface area contributed by atoms with Crippen molar-refractivity contribution in [2.24, 2.45) is 0 Å². The first-order chi connectivity index (χ1) is 7.23. The molecule has 0 radical (unpaired) electrons. The van der Waals surface area contributed by atoms with Crippen LogP contribution in [-0.2, 0) is 11.0 Å². The molecule has 0 N–H and O–H groups in total. The van der Waals surface area contributed by atoms with Gasteiger partial charge in [-0.15, -0.1) is 0 Å². The lowest BCUT2D eigenvalue weighted by Gasteiger charge is -2.12. The van der Waals surface area contributed by atoms with Gasteiger partial charge in [0.15, 0.2) is 0 Å². The van der Waals surface area contributed by atoms with Crippen molar-refractivity contribution < 1.29 is 18.0 Å². The average Bonchev–Trinajstić information content (AvgIpc) is 2.15. The zero-order valence-corrected chi connectivity index (χ0v) is 11.9. The third-order valence-electron chi connectivity index (χ3n) is 1.96. The Kier molecular flexibility index (Phi) is 4.39. The highest BCUT2D eigenvalue weighted by Gasteiger charge is 2.31. The third kappa shape index (κ3) is 3.19. The highest BCUT2D eigenvalue weighted by atomic mass is 127. The van der Waals surface area contributed by atoms with Gasteiger partial charge in [0.25, 0.3) is 0 Å². The summed E-state index contributed by atoms with van der Waals surface area (Å²) in [6, 6.07) is 3.34. The first-order valence-corrected chi connectivity index (χ1v) is 6.24. The van der Waals surface area contributed by atoms with Crippen LogP contribution in [0.4, 0.5) is 13.2 Å². The van der Waals surface area contributed by atoms with Gasteiger partial charge in [-0.2, -0.15) is 13.2 Å². The van der Waals surface area contributed by atoms with E-state index < -0.39 is 16.6 Å². The van der Waals surface area contributed by atoms with E-state index in [0.29, 0.717) is 9.13 Å². The molecular weight excluding hydrogens is 400 g/mol. The van der Waals surface area contributed by atoms with Crippen molar-refractivity contribution in [2.45, 2.75) is 17.9 Å². The molecule has 0 heterocycles. The van der Waals surface area contributed by atoms with Crippen LogP contribution in [0.3, 0.4) is 0 Å². The van der Waals surface area contributed by atoms with Gasteiger partial charge < -0.3 is 0 Å². The Balaban J connectivity index is 3.15. The fourth-order valence-corrected chi connectivity index (χ4v) is 2.78. The number of rotatable bonds is 2. The standard InChI is InChI=1S/C10H7BrF3IO/c1-5(16)9(11)7-3-2-6(4-8(7)15)10(12,13)14/h2-4,9H,1H3. The van der Waals surface area contributed by atoms with Crippen LogP contribution in [0.5, 0.6) is 0 Å². The second-order valence-electron chi connectivity index (χ2n) is 3.21. The maximum Gasteiger partial charge on any atom is 0.416 e. The number of benzene rings is 1. The number of halogens is 5. The van der Waals surface area contributed by atoms with E-state index in [1.165, 1.54) is 13.0 Å². The van der Waals surface area contributed by atoms with Crippen molar-refractivity contribution in [1.29, 1.82) is 0 Å². The van der Waals surface area contributed by atoms with Crippen molar-refractivity contribution in [3.63, 3.8) is 0 Å². The summed E-state index contributed by atoms with van der Waals surface area (Å²) in [6.07, 6.45) is -4.35. The topological polar surface area (TPSA) is 17.1 Å². The Hall–Kier alpha value is -0.110. The predicted molar refractivity (Wildman–Crippen MR) is 66.5 cm³/mol. The average molecular weight is 407 g/mol. The molecule has 0 saturated heterocycles. The SMILES string of the molecule is CC(=O)C(Br)c1ccc(C(F)(F)F)cc1I. The maximum atomic E-state index is 12.4. The highest BCUT2D eigenvalue weighted by molar-refractivity contribution is 14.1. The zero-order valence-electron chi connectivity index (χ0n) is 8.11. The van der Waals surface area contributed by atoms with Crippen molar-refractivity contribution >= 4 is 44.3 Å². The molecule has 1 rings (SSSR count). The minimum Gasteiger partial charge on any atom is -0.298 e. The van der Waals surface area contributed by atoms with Crippen LogP contribution in [-0.4, -0.2) is 5.78 Å². The monoisotopic (exact) mass is 406 g/mol. The Labute approximate surface area is 113 Å². The van der Waals surface area contributed by atoms with Crippen LogP contribution in [0.15, 0.2) is 18.2 Å². The van der Waals surface area contributed by atoms with E-state index in [4.69, 9.17) is 0 Å². The van der Waals surface area contributed by atoms with Gasteiger partial charge in [0.2, 0.25) is 0 Å². The van der Waals surface area contributed by atoms with E-state index in [9.17, 15) is 18.0 Å². The summed E-state index contributed by atoms with van der Waals surface area (Å²) in [5.41, 5.74) is -0.148. The summed E-state index contributed by atoms with van der Waals surface area (Å²) in [4.78, 5) is 10.6. The predicted octanol–water partition coefficient (Wildman–Crippen LogP) is 4.34. The number of alkyl halides is 4. The van der Waals surface area contributed by atoms with Crippen LogP contribution in [0, 0.1) is 3.57 Å². The van der Waals surface area contributed by atoms with E-state index in [0.717, 1.165) is 12.1 Å². The molecule has 0 bridgehead atoms. The van der Waals surface area contributed by atoms with Gasteiger partial charge in [-0.05, 0) is 47.2 Å². The number of hydrogen-bond acceptors (Lipinski definition) is 1.